The summed E-state index contributed by atoms with van der Waals surface area (Å²) in [5.74, 6) is -0.577. The summed E-state index contributed by atoms with van der Waals surface area (Å²) in [7, 11) is 0. The number of aliphatic hydroxyl groups is 4. The molecule has 1 aliphatic carbocycles. The van der Waals surface area contributed by atoms with Gasteiger partial charge in [-0.1, -0.05) is 34.6 Å². The van der Waals surface area contributed by atoms with Crippen LogP contribution < -0.4 is 0 Å². The molecule has 1 saturated carbocycles. The van der Waals surface area contributed by atoms with E-state index in [9.17, 15) is 25.2 Å². The third-order valence-corrected chi connectivity index (χ3v) is 5.80. The van der Waals surface area contributed by atoms with Crippen LogP contribution in [0.4, 0.5) is 0 Å². The van der Waals surface area contributed by atoms with Gasteiger partial charge in [0.05, 0.1) is 37.4 Å². The number of rotatable bonds is 3. The third kappa shape index (κ3) is 4.10. The van der Waals surface area contributed by atoms with Crippen molar-refractivity contribution < 1.29 is 30.0 Å². The summed E-state index contributed by atoms with van der Waals surface area (Å²) in [4.78, 5) is 12.0. The van der Waals surface area contributed by atoms with Crippen LogP contribution in [0.5, 0.6) is 0 Å². The van der Waals surface area contributed by atoms with Crippen molar-refractivity contribution >= 4 is 5.97 Å². The molecule has 1 aliphatic rings. The van der Waals surface area contributed by atoms with Gasteiger partial charge in [-0.15, -0.1) is 0 Å². The lowest BCUT2D eigenvalue weighted by atomic mass is 9.67. The Labute approximate surface area is 144 Å². The van der Waals surface area contributed by atoms with Gasteiger partial charge < -0.3 is 25.2 Å². The minimum absolute atomic E-state index is 0.184. The first-order valence-electron chi connectivity index (χ1n) is 8.67. The lowest BCUT2D eigenvalue weighted by molar-refractivity contribution is -0.184. The van der Waals surface area contributed by atoms with Crippen LogP contribution in [0.2, 0.25) is 0 Å². The average Bonchev–Trinajstić information content (AvgIpc) is 2.50. The molecule has 0 spiro atoms. The molecular weight excluding hydrogens is 312 g/mol. The Hall–Kier alpha value is -0.690. The third-order valence-electron chi connectivity index (χ3n) is 5.80. The molecule has 0 amide bonds. The molecule has 1 rings (SSSR count). The van der Waals surface area contributed by atoms with E-state index in [1.54, 1.807) is 6.92 Å². The van der Waals surface area contributed by atoms with Crippen molar-refractivity contribution in [2.24, 2.45) is 16.2 Å². The summed E-state index contributed by atoms with van der Waals surface area (Å²) in [5.41, 5.74) is -2.68. The van der Waals surface area contributed by atoms with Gasteiger partial charge in [-0.25, -0.2) is 0 Å². The van der Waals surface area contributed by atoms with Gasteiger partial charge in [-0.3, -0.25) is 4.79 Å². The van der Waals surface area contributed by atoms with Crippen LogP contribution in [-0.2, 0) is 9.53 Å². The topological polar surface area (TPSA) is 107 Å². The number of ether oxygens (including phenoxy) is 1. The van der Waals surface area contributed by atoms with Gasteiger partial charge in [0, 0.05) is 5.41 Å². The van der Waals surface area contributed by atoms with Gasteiger partial charge in [0.1, 0.15) is 0 Å². The minimum Gasteiger partial charge on any atom is -0.466 e. The fourth-order valence-corrected chi connectivity index (χ4v) is 3.42. The van der Waals surface area contributed by atoms with Crippen LogP contribution in [0.1, 0.15) is 60.8 Å². The van der Waals surface area contributed by atoms with E-state index >= 15 is 0 Å². The largest absolute Gasteiger partial charge is 0.466 e. The van der Waals surface area contributed by atoms with E-state index in [1.807, 2.05) is 27.7 Å². The molecule has 6 nitrogen and oxygen atoms in total. The second-order valence-electron chi connectivity index (χ2n) is 8.74. The van der Waals surface area contributed by atoms with Crippen LogP contribution >= 0.6 is 0 Å². The molecule has 4 N–H and O–H groups in total. The highest BCUT2D eigenvalue weighted by atomic mass is 16.5. The van der Waals surface area contributed by atoms with Gasteiger partial charge >= 0.3 is 5.97 Å². The van der Waals surface area contributed by atoms with E-state index in [-0.39, 0.29) is 13.0 Å². The van der Waals surface area contributed by atoms with Gasteiger partial charge in [0.15, 0.2) is 0 Å². The first-order valence-corrected chi connectivity index (χ1v) is 8.67. The highest BCUT2D eigenvalue weighted by Gasteiger charge is 2.54. The van der Waals surface area contributed by atoms with Crippen molar-refractivity contribution in [1.29, 1.82) is 0 Å². The molecule has 142 valence electrons. The molecule has 4 unspecified atom stereocenters. The van der Waals surface area contributed by atoms with Gasteiger partial charge in [-0.05, 0) is 30.6 Å². The van der Waals surface area contributed by atoms with Crippen molar-refractivity contribution in [2.75, 3.05) is 6.61 Å². The SMILES string of the molecule is CCOC(=O)CC1(C)C(O)C(O)C(C)(C)CCC(C)(C)C(O)C1O. The van der Waals surface area contributed by atoms with Crippen molar-refractivity contribution in [1.82, 2.24) is 0 Å². The summed E-state index contributed by atoms with van der Waals surface area (Å²) in [6, 6.07) is 0. The molecule has 0 aromatic carbocycles. The number of carbonyl (C=O) groups is 1. The molecule has 0 bridgehead atoms. The van der Waals surface area contributed by atoms with Gasteiger partial charge in [0.25, 0.3) is 0 Å². The van der Waals surface area contributed by atoms with E-state index in [2.05, 4.69) is 0 Å². The zero-order valence-corrected chi connectivity index (χ0v) is 15.7. The summed E-state index contributed by atoms with van der Waals surface area (Å²) < 4.78 is 4.96. The number of hydrogen-bond acceptors (Lipinski definition) is 6. The van der Waals surface area contributed by atoms with Crippen LogP contribution in [0, 0.1) is 16.2 Å². The zero-order chi connectivity index (χ0) is 18.9. The molecule has 6 heteroatoms. The molecule has 1 fully saturated rings. The Bertz CT molecular complexity index is 417. The van der Waals surface area contributed by atoms with E-state index in [1.165, 1.54) is 6.92 Å². The Morgan fingerprint density at radius 2 is 1.25 bits per heavy atom. The number of aliphatic hydroxyl groups excluding tert-OH is 4. The highest BCUT2D eigenvalue weighted by Crippen LogP contribution is 2.47. The molecule has 0 aromatic rings. The summed E-state index contributed by atoms with van der Waals surface area (Å²) in [6.07, 6.45) is -4.20. The fourth-order valence-electron chi connectivity index (χ4n) is 3.42. The number of carbonyl (C=O) groups excluding carboxylic acids is 1. The predicted octanol–water partition coefficient (Wildman–Crippen LogP) is 1.24. The Morgan fingerprint density at radius 1 is 0.875 bits per heavy atom. The van der Waals surface area contributed by atoms with Crippen molar-refractivity contribution in [3.05, 3.63) is 0 Å². The smallest absolute Gasteiger partial charge is 0.306 e. The van der Waals surface area contributed by atoms with Crippen LogP contribution in [-0.4, -0.2) is 57.4 Å². The van der Waals surface area contributed by atoms with Crippen LogP contribution in [0.15, 0.2) is 0 Å². The maximum atomic E-state index is 12.0. The summed E-state index contributed by atoms with van der Waals surface area (Å²) in [6.45, 7) is 10.7. The zero-order valence-electron chi connectivity index (χ0n) is 15.7. The van der Waals surface area contributed by atoms with Crippen LogP contribution in [0.25, 0.3) is 0 Å². The minimum atomic E-state index is -1.43. The van der Waals surface area contributed by atoms with E-state index < -0.39 is 46.6 Å². The molecule has 0 saturated heterocycles. The fraction of sp³-hybridized carbons (Fsp3) is 0.944. The maximum Gasteiger partial charge on any atom is 0.306 e. The van der Waals surface area contributed by atoms with Crippen molar-refractivity contribution in [2.45, 2.75) is 85.2 Å². The highest BCUT2D eigenvalue weighted by molar-refractivity contribution is 5.70. The first-order chi connectivity index (χ1) is 10.8. The number of hydrogen-bond donors (Lipinski definition) is 4. The van der Waals surface area contributed by atoms with E-state index in [0.717, 1.165) is 0 Å². The molecular formula is C18H34O6. The van der Waals surface area contributed by atoms with Crippen molar-refractivity contribution in [3.8, 4) is 0 Å². The van der Waals surface area contributed by atoms with Gasteiger partial charge in [0.2, 0.25) is 0 Å². The van der Waals surface area contributed by atoms with Crippen molar-refractivity contribution in [3.63, 3.8) is 0 Å². The Balaban J connectivity index is 3.35. The summed E-state index contributed by atoms with van der Waals surface area (Å²) in [5, 5.41) is 43.0. The molecule has 0 aliphatic heterocycles. The lowest BCUT2D eigenvalue weighted by Gasteiger charge is -2.45. The Morgan fingerprint density at radius 3 is 1.58 bits per heavy atom. The predicted molar refractivity (Wildman–Crippen MR) is 90.2 cm³/mol. The normalized spacial score (nSPS) is 39.4. The molecule has 24 heavy (non-hydrogen) atoms. The quantitative estimate of drug-likeness (QED) is 0.573. The second kappa shape index (κ2) is 7.28. The average molecular weight is 346 g/mol. The first kappa shape index (κ1) is 21.4. The molecule has 0 radical (unpaired) electrons. The van der Waals surface area contributed by atoms with Crippen LogP contribution in [0.3, 0.4) is 0 Å². The standard InChI is InChI=1S/C18H34O6/c1-7-24-11(19)10-18(6)14(22)12(20)16(2,3)8-9-17(4,5)13(21)15(18)23/h12-15,20-23H,7-10H2,1-6H3. The Kier molecular flexibility index (Phi) is 6.48. The monoisotopic (exact) mass is 346 g/mol. The van der Waals surface area contributed by atoms with E-state index in [0.29, 0.717) is 12.8 Å². The second-order valence-corrected chi connectivity index (χ2v) is 8.74. The summed E-state index contributed by atoms with van der Waals surface area (Å²) >= 11 is 0. The lowest BCUT2D eigenvalue weighted by Crippen LogP contribution is -2.57. The molecule has 0 heterocycles. The maximum absolute atomic E-state index is 12.0. The molecule has 4 atom stereocenters. The molecule has 0 aromatic heterocycles. The van der Waals surface area contributed by atoms with E-state index in [4.69, 9.17) is 4.74 Å². The van der Waals surface area contributed by atoms with Gasteiger partial charge in [-0.2, -0.15) is 0 Å². The number of esters is 1.